The highest BCUT2D eigenvalue weighted by atomic mass is 16.1. The molecule has 1 fully saturated rings. The van der Waals surface area contributed by atoms with Crippen LogP contribution in [0.25, 0.3) is 0 Å². The topological polar surface area (TPSA) is 41.1 Å². The van der Waals surface area contributed by atoms with Gasteiger partial charge in [0, 0.05) is 13.5 Å². The van der Waals surface area contributed by atoms with Gasteiger partial charge in [-0.25, -0.2) is 0 Å². The predicted molar refractivity (Wildman–Crippen MR) is 64.9 cm³/mol. The molecule has 1 aliphatic rings. The van der Waals surface area contributed by atoms with Crippen molar-refractivity contribution < 1.29 is 4.79 Å². The minimum absolute atomic E-state index is 0.0833. The molecule has 0 aromatic rings. The first-order chi connectivity index (χ1) is 7.10. The molecule has 3 nitrogen and oxygen atoms in total. The van der Waals surface area contributed by atoms with Crippen LogP contribution in [0.15, 0.2) is 0 Å². The molecule has 1 amide bonds. The van der Waals surface area contributed by atoms with Crippen molar-refractivity contribution >= 4 is 5.91 Å². The molecule has 0 spiro atoms. The number of amides is 1. The van der Waals surface area contributed by atoms with Crippen molar-refractivity contribution in [3.05, 3.63) is 0 Å². The molecule has 90 valence electrons. The van der Waals surface area contributed by atoms with E-state index in [4.69, 9.17) is 0 Å². The van der Waals surface area contributed by atoms with Gasteiger partial charge >= 0.3 is 0 Å². The van der Waals surface area contributed by atoms with Crippen LogP contribution in [0.4, 0.5) is 0 Å². The molecule has 1 aliphatic carbocycles. The van der Waals surface area contributed by atoms with Gasteiger partial charge in [0.25, 0.3) is 0 Å². The summed E-state index contributed by atoms with van der Waals surface area (Å²) in [7, 11) is 1.92. The molecule has 0 unspecified atom stereocenters. The predicted octanol–water partition coefficient (Wildman–Crippen LogP) is 2.07. The molecular formula is C12H26N2O. The average Bonchev–Trinajstić information content (AvgIpc) is 2.14. The Morgan fingerprint density at radius 2 is 1.80 bits per heavy atom. The molecule has 0 bridgehead atoms. The molecule has 1 saturated carbocycles. The van der Waals surface area contributed by atoms with E-state index in [0.717, 1.165) is 19.4 Å². The Morgan fingerprint density at radius 1 is 1.27 bits per heavy atom. The zero-order valence-corrected chi connectivity index (χ0v) is 10.7. The van der Waals surface area contributed by atoms with Gasteiger partial charge < -0.3 is 10.6 Å². The maximum Gasteiger partial charge on any atom is 0.217 e. The standard InChI is InChI=1S/C8H16N2O.C4H10/c1-7(11)10-8(6-9-2)4-3-5-8;1-3-4-2/h9H,3-6H2,1-2H3,(H,10,11);3-4H2,1-2H3. The number of nitrogens with one attached hydrogen (secondary N) is 2. The molecule has 0 saturated heterocycles. The average molecular weight is 214 g/mol. The normalized spacial score (nSPS) is 17.1. The van der Waals surface area contributed by atoms with Crippen LogP contribution in [-0.4, -0.2) is 25.0 Å². The van der Waals surface area contributed by atoms with Crippen molar-refractivity contribution in [1.29, 1.82) is 0 Å². The van der Waals surface area contributed by atoms with Crippen LogP contribution < -0.4 is 10.6 Å². The molecule has 0 atom stereocenters. The van der Waals surface area contributed by atoms with E-state index in [1.54, 1.807) is 6.92 Å². The van der Waals surface area contributed by atoms with E-state index in [0.29, 0.717) is 0 Å². The van der Waals surface area contributed by atoms with E-state index in [1.165, 1.54) is 19.3 Å². The largest absolute Gasteiger partial charge is 0.350 e. The summed E-state index contributed by atoms with van der Waals surface area (Å²) in [5.41, 5.74) is 0.0839. The Hall–Kier alpha value is -0.570. The lowest BCUT2D eigenvalue weighted by molar-refractivity contribution is -0.121. The molecule has 15 heavy (non-hydrogen) atoms. The summed E-state index contributed by atoms with van der Waals surface area (Å²) in [6.07, 6.45) is 6.11. The number of likely N-dealkylation sites (N-methyl/N-ethyl adjacent to an activating group) is 1. The third kappa shape index (κ3) is 5.78. The van der Waals surface area contributed by atoms with Gasteiger partial charge in [-0.3, -0.25) is 4.79 Å². The maximum atomic E-state index is 10.8. The van der Waals surface area contributed by atoms with Crippen molar-refractivity contribution in [3.8, 4) is 0 Å². The zero-order chi connectivity index (χ0) is 11.7. The molecule has 0 aliphatic heterocycles. The van der Waals surface area contributed by atoms with Crippen molar-refractivity contribution in [1.82, 2.24) is 10.6 Å². The highest BCUT2D eigenvalue weighted by Crippen LogP contribution is 2.30. The molecule has 1 rings (SSSR count). The number of hydrogen-bond acceptors (Lipinski definition) is 2. The van der Waals surface area contributed by atoms with Gasteiger partial charge in [-0.05, 0) is 26.3 Å². The number of rotatable bonds is 4. The van der Waals surface area contributed by atoms with Crippen LogP contribution >= 0.6 is 0 Å². The minimum atomic E-state index is 0.0833. The summed E-state index contributed by atoms with van der Waals surface area (Å²) >= 11 is 0. The molecule has 0 heterocycles. The third-order valence-corrected chi connectivity index (χ3v) is 2.77. The molecule has 0 aromatic carbocycles. The van der Waals surface area contributed by atoms with Gasteiger partial charge in [0.1, 0.15) is 0 Å². The smallest absolute Gasteiger partial charge is 0.217 e. The van der Waals surface area contributed by atoms with Gasteiger partial charge in [0.05, 0.1) is 5.54 Å². The van der Waals surface area contributed by atoms with Gasteiger partial charge in [0.15, 0.2) is 0 Å². The minimum Gasteiger partial charge on any atom is -0.350 e. The molecule has 0 radical (unpaired) electrons. The second kappa shape index (κ2) is 7.69. The van der Waals surface area contributed by atoms with Crippen LogP contribution in [0.5, 0.6) is 0 Å². The summed E-state index contributed by atoms with van der Waals surface area (Å²) in [5.74, 6) is 0.0833. The Balaban J connectivity index is 0.000000423. The Morgan fingerprint density at radius 3 is 2.00 bits per heavy atom. The van der Waals surface area contributed by atoms with E-state index >= 15 is 0 Å². The van der Waals surface area contributed by atoms with Crippen molar-refractivity contribution in [2.24, 2.45) is 0 Å². The van der Waals surface area contributed by atoms with E-state index in [9.17, 15) is 4.79 Å². The van der Waals surface area contributed by atoms with Crippen LogP contribution in [0.2, 0.25) is 0 Å². The van der Waals surface area contributed by atoms with E-state index < -0.39 is 0 Å². The van der Waals surface area contributed by atoms with Gasteiger partial charge in [0.2, 0.25) is 5.91 Å². The zero-order valence-electron chi connectivity index (χ0n) is 10.7. The van der Waals surface area contributed by atoms with E-state index in [2.05, 4.69) is 24.5 Å². The number of carbonyl (C=O) groups excluding carboxylic acids is 1. The van der Waals surface area contributed by atoms with Crippen molar-refractivity contribution in [2.75, 3.05) is 13.6 Å². The van der Waals surface area contributed by atoms with Gasteiger partial charge in [-0.2, -0.15) is 0 Å². The van der Waals surface area contributed by atoms with Crippen LogP contribution in [0, 0.1) is 0 Å². The highest BCUT2D eigenvalue weighted by molar-refractivity contribution is 5.74. The SMILES string of the molecule is CCCC.CNCC1(NC(C)=O)CCC1. The van der Waals surface area contributed by atoms with Crippen LogP contribution in [0.1, 0.15) is 52.9 Å². The van der Waals surface area contributed by atoms with Crippen molar-refractivity contribution in [3.63, 3.8) is 0 Å². The lowest BCUT2D eigenvalue weighted by Crippen LogP contribution is -2.58. The third-order valence-electron chi connectivity index (χ3n) is 2.77. The first-order valence-corrected chi connectivity index (χ1v) is 6.03. The van der Waals surface area contributed by atoms with Crippen molar-refractivity contribution in [2.45, 2.75) is 58.4 Å². The lowest BCUT2D eigenvalue weighted by Gasteiger charge is -2.42. The second-order valence-corrected chi connectivity index (χ2v) is 4.35. The Kier molecular flexibility index (Phi) is 7.39. The maximum absolute atomic E-state index is 10.8. The summed E-state index contributed by atoms with van der Waals surface area (Å²) in [6.45, 7) is 6.84. The van der Waals surface area contributed by atoms with E-state index in [1.807, 2.05) is 7.05 Å². The molecule has 0 aromatic heterocycles. The molecule has 2 N–H and O–H groups in total. The quantitative estimate of drug-likeness (QED) is 0.752. The fourth-order valence-electron chi connectivity index (χ4n) is 1.66. The summed E-state index contributed by atoms with van der Waals surface area (Å²) in [6, 6.07) is 0. The van der Waals surface area contributed by atoms with Gasteiger partial charge in [-0.15, -0.1) is 0 Å². The fourth-order valence-corrected chi connectivity index (χ4v) is 1.66. The first-order valence-electron chi connectivity index (χ1n) is 6.03. The summed E-state index contributed by atoms with van der Waals surface area (Å²) in [5, 5.41) is 6.09. The first kappa shape index (κ1) is 14.4. The monoisotopic (exact) mass is 214 g/mol. The number of hydrogen-bond donors (Lipinski definition) is 2. The van der Waals surface area contributed by atoms with E-state index in [-0.39, 0.29) is 11.4 Å². The lowest BCUT2D eigenvalue weighted by atomic mass is 9.76. The Labute approximate surface area is 94.0 Å². The number of unbranched alkanes of at least 4 members (excludes halogenated alkanes) is 1. The summed E-state index contributed by atoms with van der Waals surface area (Å²) < 4.78 is 0. The second-order valence-electron chi connectivity index (χ2n) is 4.35. The van der Waals surface area contributed by atoms with Crippen LogP contribution in [0.3, 0.4) is 0 Å². The fraction of sp³-hybridized carbons (Fsp3) is 0.917. The Bertz CT molecular complexity index is 174. The summed E-state index contributed by atoms with van der Waals surface area (Å²) in [4.78, 5) is 10.8. The highest BCUT2D eigenvalue weighted by Gasteiger charge is 2.36. The van der Waals surface area contributed by atoms with Gasteiger partial charge in [-0.1, -0.05) is 26.7 Å². The van der Waals surface area contributed by atoms with Crippen LogP contribution in [-0.2, 0) is 4.79 Å². The molecular weight excluding hydrogens is 188 g/mol. The molecule has 3 heteroatoms. The number of carbonyl (C=O) groups is 1.